The van der Waals surface area contributed by atoms with Gasteiger partial charge in [0.05, 0.1) is 0 Å². The fraction of sp³-hybridized carbons (Fsp3) is 0.706. The third-order valence-electron chi connectivity index (χ3n) is 5.38. The van der Waals surface area contributed by atoms with Gasteiger partial charge in [0.1, 0.15) is 5.82 Å². The van der Waals surface area contributed by atoms with Gasteiger partial charge in [0, 0.05) is 25.8 Å². The molecule has 0 amide bonds. The molecule has 0 aromatic carbocycles. The maximum Gasteiger partial charge on any atom is 0.131 e. The molecule has 2 aliphatic rings. The minimum Gasteiger partial charge on any atom is -0.356 e. The minimum atomic E-state index is 0.581. The third-order valence-corrected chi connectivity index (χ3v) is 5.38. The first-order valence-corrected chi connectivity index (χ1v) is 8.13. The Morgan fingerprint density at radius 2 is 1.85 bits per heavy atom. The fourth-order valence-corrected chi connectivity index (χ4v) is 4.06. The van der Waals surface area contributed by atoms with Crippen molar-refractivity contribution in [1.29, 1.82) is 0 Å². The first kappa shape index (κ1) is 13.9. The molecule has 1 saturated carbocycles. The Morgan fingerprint density at radius 3 is 2.45 bits per heavy atom. The van der Waals surface area contributed by atoms with Crippen LogP contribution in [-0.4, -0.2) is 18.1 Å². The van der Waals surface area contributed by atoms with Gasteiger partial charge in [-0.15, -0.1) is 0 Å². The molecule has 0 bridgehead atoms. The highest BCUT2D eigenvalue weighted by molar-refractivity contribution is 5.47. The molecule has 2 fully saturated rings. The number of anilines is 1. The average Bonchev–Trinajstić information content (AvgIpc) is 2.49. The van der Waals surface area contributed by atoms with Gasteiger partial charge in [-0.2, -0.15) is 0 Å². The number of nitrogens with two attached hydrogens (primary N) is 1. The lowest BCUT2D eigenvalue weighted by Gasteiger charge is -2.45. The third kappa shape index (κ3) is 2.69. The highest BCUT2D eigenvalue weighted by atomic mass is 15.2. The smallest absolute Gasteiger partial charge is 0.131 e. The van der Waals surface area contributed by atoms with E-state index in [1.54, 1.807) is 0 Å². The van der Waals surface area contributed by atoms with Crippen LogP contribution in [0.5, 0.6) is 0 Å². The van der Waals surface area contributed by atoms with E-state index in [4.69, 9.17) is 5.73 Å². The molecular formula is C17H27N3. The van der Waals surface area contributed by atoms with Gasteiger partial charge in [-0.1, -0.05) is 19.3 Å². The van der Waals surface area contributed by atoms with E-state index in [0.29, 0.717) is 12.0 Å². The topological polar surface area (TPSA) is 42.1 Å². The number of aromatic nitrogens is 1. The Kier molecular flexibility index (Phi) is 3.97. The fourth-order valence-electron chi connectivity index (χ4n) is 4.06. The van der Waals surface area contributed by atoms with Crippen molar-refractivity contribution in [2.75, 3.05) is 18.0 Å². The molecule has 1 aromatic rings. The van der Waals surface area contributed by atoms with E-state index in [9.17, 15) is 0 Å². The number of hydrogen-bond acceptors (Lipinski definition) is 3. The molecule has 3 nitrogen and oxygen atoms in total. The molecule has 0 unspecified atom stereocenters. The first-order valence-electron chi connectivity index (χ1n) is 8.13. The first-order chi connectivity index (χ1) is 9.72. The van der Waals surface area contributed by atoms with E-state index in [1.165, 1.54) is 69.4 Å². The summed E-state index contributed by atoms with van der Waals surface area (Å²) in [4.78, 5) is 7.13. The van der Waals surface area contributed by atoms with Crippen LogP contribution in [0.1, 0.15) is 56.1 Å². The van der Waals surface area contributed by atoms with Gasteiger partial charge in [-0.05, 0) is 55.2 Å². The van der Waals surface area contributed by atoms with Crippen molar-refractivity contribution in [2.45, 2.75) is 58.4 Å². The molecule has 2 heterocycles. The molecule has 3 heteroatoms. The molecule has 1 spiro atoms. The van der Waals surface area contributed by atoms with Gasteiger partial charge < -0.3 is 10.6 Å². The molecule has 1 aromatic heterocycles. The van der Waals surface area contributed by atoms with Crippen LogP contribution in [0, 0.1) is 12.3 Å². The predicted octanol–water partition coefficient (Wildman–Crippen LogP) is 3.40. The number of rotatable bonds is 2. The molecular weight excluding hydrogens is 246 g/mol. The van der Waals surface area contributed by atoms with E-state index in [1.807, 2.05) is 6.20 Å². The van der Waals surface area contributed by atoms with Crippen molar-refractivity contribution >= 4 is 5.82 Å². The van der Waals surface area contributed by atoms with Gasteiger partial charge in [-0.3, -0.25) is 0 Å². The second-order valence-corrected chi connectivity index (χ2v) is 6.74. The second kappa shape index (κ2) is 5.72. The van der Waals surface area contributed by atoms with E-state index >= 15 is 0 Å². The summed E-state index contributed by atoms with van der Waals surface area (Å²) in [5, 5.41) is 0. The number of nitrogens with zero attached hydrogens (tertiary/aromatic N) is 2. The molecule has 3 rings (SSSR count). The summed E-state index contributed by atoms with van der Waals surface area (Å²) >= 11 is 0. The normalized spacial score (nSPS) is 22.2. The van der Waals surface area contributed by atoms with Gasteiger partial charge in [0.25, 0.3) is 0 Å². The lowest BCUT2D eigenvalue weighted by atomic mass is 9.68. The standard InChI is InChI=1S/C17H27N3/c1-14-11-15(12-18)13-19-16(14)20-9-7-17(8-10-20)5-3-2-4-6-17/h11,13H,2-10,12,18H2,1H3. The van der Waals surface area contributed by atoms with Crippen molar-refractivity contribution in [3.8, 4) is 0 Å². The Labute approximate surface area is 122 Å². The van der Waals surface area contributed by atoms with Crippen molar-refractivity contribution in [2.24, 2.45) is 11.1 Å². The van der Waals surface area contributed by atoms with Crippen LogP contribution in [0.25, 0.3) is 0 Å². The van der Waals surface area contributed by atoms with E-state index in [2.05, 4.69) is 22.9 Å². The van der Waals surface area contributed by atoms with Crippen LogP contribution >= 0.6 is 0 Å². The van der Waals surface area contributed by atoms with Crippen LogP contribution in [0.15, 0.2) is 12.3 Å². The van der Waals surface area contributed by atoms with Crippen LogP contribution in [0.2, 0.25) is 0 Å². The zero-order valence-corrected chi connectivity index (χ0v) is 12.7. The summed E-state index contributed by atoms with van der Waals surface area (Å²) < 4.78 is 0. The maximum absolute atomic E-state index is 5.69. The maximum atomic E-state index is 5.69. The largest absolute Gasteiger partial charge is 0.356 e. The Morgan fingerprint density at radius 1 is 1.15 bits per heavy atom. The van der Waals surface area contributed by atoms with Crippen LogP contribution < -0.4 is 10.6 Å². The Balaban J connectivity index is 1.68. The van der Waals surface area contributed by atoms with Gasteiger partial charge in [0.2, 0.25) is 0 Å². The zero-order valence-electron chi connectivity index (χ0n) is 12.7. The molecule has 1 aliphatic heterocycles. The summed E-state index contributed by atoms with van der Waals surface area (Å²) in [5.74, 6) is 1.17. The SMILES string of the molecule is Cc1cc(CN)cnc1N1CCC2(CCCCC2)CC1. The van der Waals surface area contributed by atoms with Gasteiger partial charge in [0.15, 0.2) is 0 Å². The highest BCUT2D eigenvalue weighted by Gasteiger charge is 2.35. The van der Waals surface area contributed by atoms with Crippen molar-refractivity contribution in [1.82, 2.24) is 4.98 Å². The van der Waals surface area contributed by atoms with E-state index in [0.717, 1.165) is 5.56 Å². The Bertz CT molecular complexity index is 453. The number of piperidine rings is 1. The van der Waals surface area contributed by atoms with E-state index < -0.39 is 0 Å². The summed E-state index contributed by atoms with van der Waals surface area (Å²) in [6.45, 7) is 5.09. The molecule has 1 saturated heterocycles. The Hall–Kier alpha value is -1.09. The van der Waals surface area contributed by atoms with Crippen LogP contribution in [0.3, 0.4) is 0 Å². The quantitative estimate of drug-likeness (QED) is 0.898. The van der Waals surface area contributed by atoms with Crippen LogP contribution in [0.4, 0.5) is 5.82 Å². The number of pyridine rings is 1. The second-order valence-electron chi connectivity index (χ2n) is 6.74. The number of aryl methyl sites for hydroxylation is 1. The molecule has 20 heavy (non-hydrogen) atoms. The highest BCUT2D eigenvalue weighted by Crippen LogP contribution is 2.45. The molecule has 110 valence electrons. The predicted molar refractivity (Wildman–Crippen MR) is 83.8 cm³/mol. The van der Waals surface area contributed by atoms with Gasteiger partial charge >= 0.3 is 0 Å². The molecule has 2 N–H and O–H groups in total. The average molecular weight is 273 g/mol. The lowest BCUT2D eigenvalue weighted by Crippen LogP contribution is -2.41. The van der Waals surface area contributed by atoms with Crippen molar-refractivity contribution in [3.63, 3.8) is 0 Å². The summed E-state index contributed by atoms with van der Waals surface area (Å²) in [7, 11) is 0. The summed E-state index contributed by atoms with van der Waals surface area (Å²) in [5.41, 5.74) is 8.76. The monoisotopic (exact) mass is 273 g/mol. The molecule has 0 radical (unpaired) electrons. The van der Waals surface area contributed by atoms with Gasteiger partial charge in [-0.25, -0.2) is 4.98 Å². The van der Waals surface area contributed by atoms with E-state index in [-0.39, 0.29) is 0 Å². The van der Waals surface area contributed by atoms with Crippen molar-refractivity contribution < 1.29 is 0 Å². The summed E-state index contributed by atoms with van der Waals surface area (Å²) in [6.07, 6.45) is 11.9. The zero-order chi connectivity index (χ0) is 14.0. The van der Waals surface area contributed by atoms with Crippen molar-refractivity contribution in [3.05, 3.63) is 23.4 Å². The molecule has 0 atom stereocenters. The minimum absolute atomic E-state index is 0.581. The molecule has 1 aliphatic carbocycles. The summed E-state index contributed by atoms with van der Waals surface area (Å²) in [6, 6.07) is 2.19. The van der Waals surface area contributed by atoms with Crippen LogP contribution in [-0.2, 0) is 6.54 Å². The number of hydrogen-bond donors (Lipinski definition) is 1. The lowest BCUT2D eigenvalue weighted by molar-refractivity contribution is 0.144.